The van der Waals surface area contributed by atoms with Crippen molar-refractivity contribution < 1.29 is 18.6 Å². The second kappa shape index (κ2) is 11.8. The Morgan fingerprint density at radius 1 is 0.897 bits per heavy atom. The highest BCUT2D eigenvalue weighted by Gasteiger charge is 2.15. The van der Waals surface area contributed by atoms with Crippen molar-refractivity contribution in [1.29, 1.82) is 0 Å². The lowest BCUT2D eigenvalue weighted by Crippen LogP contribution is -2.38. The molecule has 7 heteroatoms. The van der Waals surface area contributed by atoms with Crippen molar-refractivity contribution in [2.75, 3.05) is 41.0 Å². The summed E-state index contributed by atoms with van der Waals surface area (Å²) < 4.78 is 30.0. The summed E-state index contributed by atoms with van der Waals surface area (Å²) >= 11 is 0. The van der Waals surface area contributed by atoms with Crippen LogP contribution in [0.25, 0.3) is 0 Å². The van der Waals surface area contributed by atoms with Gasteiger partial charge < -0.3 is 24.8 Å². The molecule has 0 aromatic heterocycles. The van der Waals surface area contributed by atoms with E-state index in [0.29, 0.717) is 54.7 Å². The van der Waals surface area contributed by atoms with Crippen molar-refractivity contribution in [3.63, 3.8) is 0 Å². The number of aliphatic imine (C=N–C) groups is 1. The number of nitrogens with zero attached hydrogens (tertiary/aromatic N) is 1. The normalized spacial score (nSPS) is 11.1. The van der Waals surface area contributed by atoms with Crippen LogP contribution in [0.15, 0.2) is 41.4 Å². The lowest BCUT2D eigenvalue weighted by Gasteiger charge is -2.16. The van der Waals surface area contributed by atoms with Gasteiger partial charge in [-0.05, 0) is 37.5 Å². The molecular formula is C22H30FN3O3. The van der Waals surface area contributed by atoms with E-state index >= 15 is 0 Å². The Labute approximate surface area is 172 Å². The van der Waals surface area contributed by atoms with Crippen molar-refractivity contribution in [1.82, 2.24) is 10.6 Å². The molecule has 0 atom stereocenters. The fourth-order valence-electron chi connectivity index (χ4n) is 3.01. The molecule has 0 aliphatic rings. The van der Waals surface area contributed by atoms with Crippen LogP contribution in [0.2, 0.25) is 0 Å². The van der Waals surface area contributed by atoms with E-state index < -0.39 is 0 Å². The SMILES string of the molecule is CCNC(=NCCc1ccccc1F)NCCc1ccc(OC)c(OC)c1OC. The van der Waals surface area contributed by atoms with Gasteiger partial charge in [-0.25, -0.2) is 4.39 Å². The van der Waals surface area contributed by atoms with Gasteiger partial charge >= 0.3 is 0 Å². The fraction of sp³-hybridized carbons (Fsp3) is 0.409. The molecule has 2 aromatic rings. The first-order valence-electron chi connectivity index (χ1n) is 9.68. The predicted octanol–water partition coefficient (Wildman–Crippen LogP) is 3.19. The summed E-state index contributed by atoms with van der Waals surface area (Å²) in [5, 5.41) is 6.51. The topological polar surface area (TPSA) is 64.1 Å². The van der Waals surface area contributed by atoms with Gasteiger partial charge in [0, 0.05) is 25.2 Å². The molecule has 2 aromatic carbocycles. The van der Waals surface area contributed by atoms with Crippen LogP contribution >= 0.6 is 0 Å². The highest BCUT2D eigenvalue weighted by molar-refractivity contribution is 5.79. The molecule has 0 aliphatic carbocycles. The third kappa shape index (κ3) is 6.27. The Morgan fingerprint density at radius 2 is 1.66 bits per heavy atom. The highest BCUT2D eigenvalue weighted by Crippen LogP contribution is 2.39. The number of methoxy groups -OCH3 is 3. The van der Waals surface area contributed by atoms with Crippen molar-refractivity contribution >= 4 is 5.96 Å². The van der Waals surface area contributed by atoms with Crippen LogP contribution in [-0.4, -0.2) is 46.9 Å². The van der Waals surface area contributed by atoms with E-state index in [0.717, 1.165) is 12.1 Å². The average Bonchev–Trinajstić information content (AvgIpc) is 2.74. The number of guanidine groups is 1. The van der Waals surface area contributed by atoms with Crippen LogP contribution in [0.4, 0.5) is 4.39 Å². The van der Waals surface area contributed by atoms with Crippen LogP contribution in [0, 0.1) is 5.82 Å². The number of hydrogen-bond donors (Lipinski definition) is 2. The molecule has 0 bridgehead atoms. The zero-order valence-electron chi connectivity index (χ0n) is 17.5. The van der Waals surface area contributed by atoms with Gasteiger partial charge in [0.25, 0.3) is 0 Å². The molecule has 0 saturated carbocycles. The van der Waals surface area contributed by atoms with Gasteiger partial charge in [0.1, 0.15) is 5.82 Å². The summed E-state index contributed by atoms with van der Waals surface area (Å²) in [5.41, 5.74) is 1.67. The fourth-order valence-corrected chi connectivity index (χ4v) is 3.01. The first-order valence-corrected chi connectivity index (χ1v) is 9.68. The number of rotatable bonds is 10. The Hall–Kier alpha value is -2.96. The van der Waals surface area contributed by atoms with Gasteiger partial charge in [-0.2, -0.15) is 0 Å². The zero-order chi connectivity index (χ0) is 21.1. The van der Waals surface area contributed by atoms with Crippen molar-refractivity contribution in [2.45, 2.75) is 19.8 Å². The van der Waals surface area contributed by atoms with Crippen LogP contribution in [0.3, 0.4) is 0 Å². The van der Waals surface area contributed by atoms with E-state index in [-0.39, 0.29) is 5.82 Å². The summed E-state index contributed by atoms with van der Waals surface area (Å²) in [5.74, 6) is 2.38. The van der Waals surface area contributed by atoms with Gasteiger partial charge in [0.05, 0.1) is 21.3 Å². The quantitative estimate of drug-likeness (QED) is 0.471. The smallest absolute Gasteiger partial charge is 0.203 e. The number of halogens is 1. The lowest BCUT2D eigenvalue weighted by molar-refractivity contribution is 0.322. The first kappa shape index (κ1) is 22.3. The van der Waals surface area contributed by atoms with Gasteiger partial charge in [-0.1, -0.05) is 24.3 Å². The van der Waals surface area contributed by atoms with E-state index in [9.17, 15) is 4.39 Å². The van der Waals surface area contributed by atoms with E-state index in [2.05, 4.69) is 15.6 Å². The summed E-state index contributed by atoms with van der Waals surface area (Å²) in [6.07, 6.45) is 1.26. The minimum atomic E-state index is -0.193. The highest BCUT2D eigenvalue weighted by atomic mass is 19.1. The summed E-state index contributed by atoms with van der Waals surface area (Å²) in [6.45, 7) is 3.89. The minimum absolute atomic E-state index is 0.193. The second-order valence-electron chi connectivity index (χ2n) is 6.27. The maximum atomic E-state index is 13.7. The van der Waals surface area contributed by atoms with Crippen LogP contribution in [0.1, 0.15) is 18.1 Å². The summed E-state index contributed by atoms with van der Waals surface area (Å²) in [4.78, 5) is 4.54. The van der Waals surface area contributed by atoms with E-state index in [4.69, 9.17) is 14.2 Å². The monoisotopic (exact) mass is 403 g/mol. The van der Waals surface area contributed by atoms with Crippen LogP contribution in [-0.2, 0) is 12.8 Å². The van der Waals surface area contributed by atoms with Gasteiger partial charge in [-0.3, -0.25) is 4.99 Å². The molecule has 29 heavy (non-hydrogen) atoms. The molecule has 6 nitrogen and oxygen atoms in total. The first-order chi connectivity index (χ1) is 14.1. The van der Waals surface area contributed by atoms with Gasteiger partial charge in [-0.15, -0.1) is 0 Å². The third-order valence-electron chi connectivity index (χ3n) is 4.43. The maximum absolute atomic E-state index is 13.7. The van der Waals surface area contributed by atoms with E-state index in [1.807, 2.05) is 25.1 Å². The maximum Gasteiger partial charge on any atom is 0.203 e. The van der Waals surface area contributed by atoms with E-state index in [1.165, 1.54) is 6.07 Å². The van der Waals surface area contributed by atoms with Crippen molar-refractivity contribution in [2.24, 2.45) is 4.99 Å². The second-order valence-corrected chi connectivity index (χ2v) is 6.27. The molecule has 0 heterocycles. The molecule has 2 N–H and O–H groups in total. The molecule has 2 rings (SSSR count). The Morgan fingerprint density at radius 3 is 2.31 bits per heavy atom. The average molecular weight is 403 g/mol. The van der Waals surface area contributed by atoms with Gasteiger partial charge in [0.15, 0.2) is 17.5 Å². The molecule has 158 valence electrons. The zero-order valence-corrected chi connectivity index (χ0v) is 17.5. The number of nitrogens with one attached hydrogen (secondary N) is 2. The molecule has 0 radical (unpaired) electrons. The van der Waals surface area contributed by atoms with Crippen LogP contribution < -0.4 is 24.8 Å². The Kier molecular flexibility index (Phi) is 9.08. The number of ether oxygens (including phenoxy) is 3. The molecule has 0 unspecified atom stereocenters. The summed E-state index contributed by atoms with van der Waals surface area (Å²) in [6, 6.07) is 10.6. The van der Waals surface area contributed by atoms with E-state index in [1.54, 1.807) is 33.5 Å². The number of benzene rings is 2. The molecule has 0 amide bonds. The van der Waals surface area contributed by atoms with Crippen molar-refractivity contribution in [3.8, 4) is 17.2 Å². The number of hydrogen-bond acceptors (Lipinski definition) is 4. The minimum Gasteiger partial charge on any atom is -0.493 e. The Balaban J connectivity index is 1.98. The molecule has 0 aliphatic heterocycles. The predicted molar refractivity (Wildman–Crippen MR) is 114 cm³/mol. The van der Waals surface area contributed by atoms with Crippen LogP contribution in [0.5, 0.6) is 17.2 Å². The Bertz CT molecular complexity index is 812. The molecule has 0 fully saturated rings. The standard InChI is InChI=1S/C22H30FN3O3/c1-5-24-22(25-14-12-16-8-6-7-9-18(16)23)26-15-13-17-10-11-19(27-2)21(29-4)20(17)28-3/h6-11H,5,12-15H2,1-4H3,(H2,24,25,26). The largest absolute Gasteiger partial charge is 0.493 e. The summed E-state index contributed by atoms with van der Waals surface area (Å²) in [7, 11) is 4.80. The van der Waals surface area contributed by atoms with Crippen molar-refractivity contribution in [3.05, 3.63) is 53.3 Å². The molecule has 0 spiro atoms. The lowest BCUT2D eigenvalue weighted by atomic mass is 10.1. The third-order valence-corrected chi connectivity index (χ3v) is 4.43. The molecular weight excluding hydrogens is 373 g/mol. The van der Waals surface area contributed by atoms with Gasteiger partial charge in [0.2, 0.25) is 5.75 Å². The molecule has 0 saturated heterocycles.